The Morgan fingerprint density at radius 1 is 1.27 bits per heavy atom. The first-order chi connectivity index (χ1) is 7.24. The average molecular weight is 262 g/mol. The van der Waals surface area contributed by atoms with Gasteiger partial charge in [0.1, 0.15) is 0 Å². The van der Waals surface area contributed by atoms with Gasteiger partial charge in [-0.1, -0.05) is 22.0 Å². The van der Waals surface area contributed by atoms with Crippen LogP contribution in [0.3, 0.4) is 0 Å². The van der Waals surface area contributed by atoms with Crippen molar-refractivity contribution in [3.8, 4) is 0 Å². The summed E-state index contributed by atoms with van der Waals surface area (Å²) in [7, 11) is 0. The van der Waals surface area contributed by atoms with Crippen LogP contribution in [0.15, 0.2) is 40.5 Å². The van der Waals surface area contributed by atoms with Crippen LogP contribution in [0.1, 0.15) is 11.1 Å². The summed E-state index contributed by atoms with van der Waals surface area (Å²) < 4.78 is 1.07. The first kappa shape index (κ1) is 8.92. The van der Waals surface area contributed by atoms with Gasteiger partial charge in [-0.15, -0.1) is 0 Å². The van der Waals surface area contributed by atoms with Crippen LogP contribution < -0.4 is 0 Å². The van der Waals surface area contributed by atoms with E-state index in [0.717, 1.165) is 10.2 Å². The fourth-order valence-corrected chi connectivity index (χ4v) is 2.31. The van der Waals surface area contributed by atoms with Crippen molar-refractivity contribution in [3.05, 3.63) is 51.6 Å². The highest BCUT2D eigenvalue weighted by Gasteiger charge is 2.24. The lowest BCUT2D eigenvalue weighted by molar-refractivity contribution is -0.123. The number of benzene rings is 1. The number of nitrogens with zero attached hydrogens (tertiary/aromatic N) is 1. The molecular formula is C12H8BrNO. The first-order valence-electron chi connectivity index (χ1n) is 4.74. The van der Waals surface area contributed by atoms with Crippen LogP contribution in [0.2, 0.25) is 0 Å². The minimum atomic E-state index is 0.0785. The van der Waals surface area contributed by atoms with Gasteiger partial charge in [-0.05, 0) is 35.4 Å². The van der Waals surface area contributed by atoms with Crippen molar-refractivity contribution in [1.29, 1.82) is 0 Å². The molecule has 0 unspecified atom stereocenters. The maximum atomic E-state index is 11.5. The predicted molar refractivity (Wildman–Crippen MR) is 61.8 cm³/mol. The largest absolute Gasteiger partial charge is 0.304 e. The average Bonchev–Trinajstić information content (AvgIpc) is 2.57. The van der Waals surface area contributed by atoms with Gasteiger partial charge in [0.15, 0.2) is 0 Å². The second-order valence-corrected chi connectivity index (χ2v) is 4.59. The maximum absolute atomic E-state index is 11.5. The molecule has 0 spiro atoms. The fraction of sp³-hybridized carbons (Fsp3) is 0.0833. The molecule has 2 heterocycles. The van der Waals surface area contributed by atoms with E-state index in [1.165, 1.54) is 11.1 Å². The van der Waals surface area contributed by atoms with Gasteiger partial charge in [-0.3, -0.25) is 4.79 Å². The number of rotatable bonds is 0. The molecule has 3 heteroatoms. The lowest BCUT2D eigenvalue weighted by Crippen LogP contribution is -2.26. The minimum absolute atomic E-state index is 0.0785. The summed E-state index contributed by atoms with van der Waals surface area (Å²) in [6.45, 7) is 0.681. The van der Waals surface area contributed by atoms with E-state index in [4.69, 9.17) is 0 Å². The normalized spacial score (nSPS) is 17.5. The summed E-state index contributed by atoms with van der Waals surface area (Å²) in [4.78, 5) is 13.3. The van der Waals surface area contributed by atoms with Crippen molar-refractivity contribution in [1.82, 2.24) is 4.90 Å². The standard InChI is InChI=1S/C12H8BrNO/c13-10-2-1-8-7-14-11(3-4-12(14)15)6-9(8)5-10/h1-6H,7H2. The zero-order chi connectivity index (χ0) is 10.4. The van der Waals surface area contributed by atoms with E-state index in [1.807, 2.05) is 18.2 Å². The highest BCUT2D eigenvalue weighted by atomic mass is 79.9. The van der Waals surface area contributed by atoms with Crippen molar-refractivity contribution in [3.63, 3.8) is 0 Å². The van der Waals surface area contributed by atoms with E-state index >= 15 is 0 Å². The second kappa shape index (κ2) is 3.07. The van der Waals surface area contributed by atoms with Crippen LogP contribution >= 0.6 is 15.9 Å². The molecule has 3 rings (SSSR count). The van der Waals surface area contributed by atoms with Gasteiger partial charge >= 0.3 is 0 Å². The van der Waals surface area contributed by atoms with E-state index in [0.29, 0.717) is 6.54 Å². The second-order valence-electron chi connectivity index (χ2n) is 3.67. The van der Waals surface area contributed by atoms with E-state index in [9.17, 15) is 4.79 Å². The van der Waals surface area contributed by atoms with Gasteiger partial charge in [-0.25, -0.2) is 0 Å². The summed E-state index contributed by atoms with van der Waals surface area (Å²) in [5, 5.41) is 0. The molecule has 2 aliphatic rings. The Bertz CT molecular complexity index is 516. The Morgan fingerprint density at radius 3 is 3.00 bits per heavy atom. The Labute approximate surface area is 96.0 Å². The Balaban J connectivity index is 2.14. The van der Waals surface area contributed by atoms with Gasteiger partial charge in [0, 0.05) is 16.2 Å². The van der Waals surface area contributed by atoms with Crippen LogP contribution in [-0.2, 0) is 11.3 Å². The topological polar surface area (TPSA) is 20.3 Å². The number of amides is 1. The Morgan fingerprint density at radius 2 is 2.13 bits per heavy atom. The molecule has 1 aromatic carbocycles. The fourth-order valence-electron chi connectivity index (χ4n) is 1.93. The van der Waals surface area contributed by atoms with Gasteiger partial charge in [0.2, 0.25) is 0 Å². The zero-order valence-corrected chi connectivity index (χ0v) is 9.49. The molecule has 0 saturated carbocycles. The van der Waals surface area contributed by atoms with E-state index in [1.54, 1.807) is 11.0 Å². The van der Waals surface area contributed by atoms with Crippen molar-refractivity contribution in [2.45, 2.75) is 6.54 Å². The monoisotopic (exact) mass is 261 g/mol. The molecule has 74 valence electrons. The maximum Gasteiger partial charge on any atom is 0.251 e. The third-order valence-electron chi connectivity index (χ3n) is 2.71. The molecule has 0 fully saturated rings. The molecule has 1 aromatic rings. The summed E-state index contributed by atoms with van der Waals surface area (Å²) in [6, 6.07) is 6.14. The molecule has 0 aromatic heterocycles. The quantitative estimate of drug-likeness (QED) is 0.704. The van der Waals surface area contributed by atoms with Crippen molar-refractivity contribution in [2.24, 2.45) is 0 Å². The molecule has 15 heavy (non-hydrogen) atoms. The Kier molecular flexibility index (Phi) is 1.83. The molecule has 1 amide bonds. The van der Waals surface area contributed by atoms with E-state index < -0.39 is 0 Å². The molecule has 0 aliphatic carbocycles. The molecular weight excluding hydrogens is 254 g/mol. The van der Waals surface area contributed by atoms with Crippen molar-refractivity contribution >= 4 is 27.9 Å². The van der Waals surface area contributed by atoms with Crippen LogP contribution in [-0.4, -0.2) is 10.8 Å². The number of carbonyl (C=O) groups excluding carboxylic acids is 1. The molecule has 0 N–H and O–H groups in total. The summed E-state index contributed by atoms with van der Waals surface area (Å²) >= 11 is 3.45. The highest BCUT2D eigenvalue weighted by molar-refractivity contribution is 9.10. The molecule has 0 bridgehead atoms. The third kappa shape index (κ3) is 1.35. The van der Waals surface area contributed by atoms with Crippen molar-refractivity contribution < 1.29 is 4.79 Å². The molecule has 0 saturated heterocycles. The van der Waals surface area contributed by atoms with Gasteiger partial charge in [-0.2, -0.15) is 0 Å². The third-order valence-corrected chi connectivity index (χ3v) is 3.21. The summed E-state index contributed by atoms with van der Waals surface area (Å²) in [5.74, 6) is 0.0785. The van der Waals surface area contributed by atoms with Crippen LogP contribution in [0.25, 0.3) is 6.08 Å². The highest BCUT2D eigenvalue weighted by Crippen LogP contribution is 2.30. The van der Waals surface area contributed by atoms with E-state index in [-0.39, 0.29) is 5.91 Å². The lowest BCUT2D eigenvalue weighted by atomic mass is 10.0. The molecule has 0 radical (unpaired) electrons. The van der Waals surface area contributed by atoms with E-state index in [2.05, 4.69) is 28.1 Å². The van der Waals surface area contributed by atoms with Crippen molar-refractivity contribution in [2.75, 3.05) is 0 Å². The first-order valence-corrected chi connectivity index (χ1v) is 5.53. The number of hydrogen-bond donors (Lipinski definition) is 0. The molecule has 2 nitrogen and oxygen atoms in total. The molecule has 0 atom stereocenters. The lowest BCUT2D eigenvalue weighted by Gasteiger charge is -2.24. The van der Waals surface area contributed by atoms with Gasteiger partial charge in [0.25, 0.3) is 5.91 Å². The van der Waals surface area contributed by atoms with Gasteiger partial charge in [0.05, 0.1) is 6.54 Å². The number of fused-ring (bicyclic) bond motifs is 2. The van der Waals surface area contributed by atoms with Gasteiger partial charge < -0.3 is 4.90 Å². The Hall–Kier alpha value is -1.35. The number of carbonyl (C=O) groups is 1. The number of hydrogen-bond acceptors (Lipinski definition) is 1. The SMILES string of the molecule is O=C1C=CC2=Cc3cc(Br)ccc3CN12. The smallest absolute Gasteiger partial charge is 0.251 e. The minimum Gasteiger partial charge on any atom is -0.304 e. The van der Waals surface area contributed by atoms with Crippen LogP contribution in [0.4, 0.5) is 0 Å². The van der Waals surface area contributed by atoms with Crippen LogP contribution in [0, 0.1) is 0 Å². The summed E-state index contributed by atoms with van der Waals surface area (Å²) in [6.07, 6.45) is 5.53. The number of allylic oxidation sites excluding steroid dienone is 1. The molecule has 2 aliphatic heterocycles. The van der Waals surface area contributed by atoms with Crippen LogP contribution in [0.5, 0.6) is 0 Å². The summed E-state index contributed by atoms with van der Waals surface area (Å²) in [5.41, 5.74) is 3.37. The number of halogens is 1. The zero-order valence-electron chi connectivity index (χ0n) is 7.90. The predicted octanol–water partition coefficient (Wildman–Crippen LogP) is 2.70.